The van der Waals surface area contributed by atoms with E-state index < -0.39 is 39.1 Å². The summed E-state index contributed by atoms with van der Waals surface area (Å²) in [5.74, 6) is -1.48. The number of carbonyl (C=O) groups excluding carboxylic acids is 2. The van der Waals surface area contributed by atoms with Crippen molar-refractivity contribution in [3.8, 4) is 0 Å². The van der Waals surface area contributed by atoms with Crippen molar-refractivity contribution >= 4 is 19.8 Å². The van der Waals surface area contributed by atoms with E-state index in [0.717, 1.165) is 12.8 Å². The lowest BCUT2D eigenvalue weighted by molar-refractivity contribution is -0.154. The summed E-state index contributed by atoms with van der Waals surface area (Å²) in [5, 5.41) is 0. The van der Waals surface area contributed by atoms with Gasteiger partial charge < -0.3 is 20.1 Å². The molecule has 0 saturated carbocycles. The molecule has 3 N–H and O–H groups in total. The Hall–Kier alpha value is -4.11. The summed E-state index contributed by atoms with van der Waals surface area (Å²) in [6.07, 6.45) is 63.0. The molecule has 0 bridgehead atoms. The van der Waals surface area contributed by atoms with E-state index in [1.54, 1.807) is 30.4 Å². The minimum atomic E-state index is -4.46. The van der Waals surface area contributed by atoms with E-state index in [1.165, 1.54) is 114 Å². The predicted octanol–water partition coefficient (Wildman–Crippen LogP) is 12.5. The first-order valence-electron chi connectivity index (χ1n) is 21.5. The number of carbonyl (C=O) groups is 2. The van der Waals surface area contributed by atoms with Gasteiger partial charge in [-0.2, -0.15) is 0 Å². The summed E-state index contributed by atoms with van der Waals surface area (Å²) in [6, 6.07) is 0. The Kier molecular flexibility index (Phi) is 40.4. The van der Waals surface area contributed by atoms with Crippen molar-refractivity contribution < 1.29 is 37.6 Å². The molecule has 0 aromatic heterocycles. The maximum atomic E-state index is 12.4. The number of phosphoric ester groups is 1. The zero-order chi connectivity index (χ0) is 43.2. The summed E-state index contributed by atoms with van der Waals surface area (Å²) in [4.78, 5) is 34.5. The predicted molar refractivity (Wildman–Crippen MR) is 247 cm³/mol. The third-order valence-electron chi connectivity index (χ3n) is 8.18. The van der Waals surface area contributed by atoms with Crippen LogP contribution in [0.3, 0.4) is 0 Å². The largest absolute Gasteiger partial charge is 0.472 e. The molecule has 1 unspecified atom stereocenters. The maximum Gasteiger partial charge on any atom is 0.472 e. The molecular formula is C49H74NO8P. The topological polar surface area (TPSA) is 134 Å². The summed E-state index contributed by atoms with van der Waals surface area (Å²) in [7, 11) is -4.46. The molecule has 0 aliphatic carbocycles. The monoisotopic (exact) mass is 836 g/mol. The lowest BCUT2D eigenvalue weighted by Gasteiger charge is -2.18. The summed E-state index contributed by atoms with van der Waals surface area (Å²) in [6.45, 7) is 3.28. The van der Waals surface area contributed by atoms with Gasteiger partial charge in [0.1, 0.15) is 6.61 Å². The summed E-state index contributed by atoms with van der Waals surface area (Å²) in [5.41, 5.74) is 5.32. The van der Waals surface area contributed by atoms with E-state index in [4.69, 9.17) is 24.3 Å². The molecule has 0 saturated heterocycles. The third kappa shape index (κ3) is 43.3. The molecule has 0 heterocycles. The van der Waals surface area contributed by atoms with Gasteiger partial charge in [-0.3, -0.25) is 9.05 Å². The van der Waals surface area contributed by atoms with E-state index in [1.807, 2.05) is 66.8 Å². The Labute approximate surface area is 356 Å². The fourth-order valence-corrected chi connectivity index (χ4v) is 5.77. The van der Waals surface area contributed by atoms with E-state index >= 15 is 0 Å². The van der Waals surface area contributed by atoms with Crippen molar-refractivity contribution in [2.75, 3.05) is 26.4 Å². The highest BCUT2D eigenvalue weighted by atomic mass is 31.2. The molecular weight excluding hydrogens is 762 g/mol. The van der Waals surface area contributed by atoms with Gasteiger partial charge in [-0.25, -0.2) is 14.2 Å². The molecule has 10 heteroatoms. The average Bonchev–Trinajstić information content (AvgIpc) is 3.22. The number of rotatable bonds is 37. The van der Waals surface area contributed by atoms with Crippen LogP contribution in [-0.4, -0.2) is 49.3 Å². The zero-order valence-corrected chi connectivity index (χ0v) is 36.8. The zero-order valence-electron chi connectivity index (χ0n) is 35.9. The molecule has 0 radical (unpaired) electrons. The highest BCUT2D eigenvalue weighted by molar-refractivity contribution is 7.47. The maximum absolute atomic E-state index is 12.4. The standard InChI is InChI=1S/C49H74NO8P/c1-3-5-7-9-11-13-15-17-19-21-23-25-27-29-31-33-35-37-39-41-48(51)55-45-47(46-57-59(53,54)56-44-43-50)58-49(52)42-40-38-36-34-32-30-28-26-24-22-20-18-16-14-12-10-8-6-4-2/h19-42,47H,3-18,43-46,50H2,1-2H3,(H,53,54)/t47-/m1/s1. The molecule has 2 atom stereocenters. The first kappa shape index (κ1) is 54.9. The second-order valence-corrected chi connectivity index (χ2v) is 15.0. The lowest BCUT2D eigenvalue weighted by Crippen LogP contribution is -2.28. The number of unbranched alkanes of at least 4 members (excludes halogenated alkanes) is 14. The average molecular weight is 836 g/mol. The van der Waals surface area contributed by atoms with E-state index in [-0.39, 0.29) is 13.2 Å². The Morgan fingerprint density at radius 3 is 1.31 bits per heavy atom. The Balaban J connectivity index is 4.68. The molecule has 0 aliphatic rings. The van der Waals surface area contributed by atoms with Gasteiger partial charge in [0.2, 0.25) is 0 Å². The van der Waals surface area contributed by atoms with Gasteiger partial charge in [-0.15, -0.1) is 0 Å². The van der Waals surface area contributed by atoms with Crippen LogP contribution in [0, 0.1) is 0 Å². The second kappa shape index (κ2) is 43.5. The van der Waals surface area contributed by atoms with Gasteiger partial charge >= 0.3 is 19.8 Å². The fourth-order valence-electron chi connectivity index (χ4n) is 5.01. The second-order valence-electron chi connectivity index (χ2n) is 13.5. The summed E-state index contributed by atoms with van der Waals surface area (Å²) < 4.78 is 32.2. The van der Waals surface area contributed by atoms with Crippen LogP contribution in [0.5, 0.6) is 0 Å². The highest BCUT2D eigenvalue weighted by Gasteiger charge is 2.25. The van der Waals surface area contributed by atoms with Crippen LogP contribution in [0.25, 0.3) is 0 Å². The van der Waals surface area contributed by atoms with Crippen LogP contribution in [0.15, 0.2) is 146 Å². The minimum Gasteiger partial charge on any atom is -0.458 e. The van der Waals surface area contributed by atoms with Crippen LogP contribution in [0.1, 0.15) is 117 Å². The smallest absolute Gasteiger partial charge is 0.458 e. The number of hydrogen-bond acceptors (Lipinski definition) is 8. The van der Waals surface area contributed by atoms with Gasteiger partial charge in [0, 0.05) is 18.7 Å². The first-order chi connectivity index (χ1) is 28.8. The molecule has 0 rings (SSSR count). The molecule has 9 nitrogen and oxygen atoms in total. The molecule has 0 fully saturated rings. The van der Waals surface area contributed by atoms with Gasteiger partial charge in [-0.05, 0) is 25.7 Å². The van der Waals surface area contributed by atoms with Gasteiger partial charge in [0.15, 0.2) is 6.10 Å². The fraction of sp³-hybridized carbons (Fsp3) is 0.469. The number of hydrogen-bond donors (Lipinski definition) is 2. The Morgan fingerprint density at radius 1 is 0.508 bits per heavy atom. The molecule has 0 aromatic rings. The Morgan fingerprint density at radius 2 is 0.881 bits per heavy atom. The SMILES string of the molecule is CCCCCCCCCC=CC=CC=CC=CC=CC=CC(=O)OC[C@H](COP(=O)(O)OCCN)OC(=O)C=CC=CC=CC=CC=CC=CCCCCCCCCC. The molecule has 0 aliphatic heterocycles. The number of phosphoric acid groups is 1. The van der Waals surface area contributed by atoms with Crippen molar-refractivity contribution in [3.05, 3.63) is 146 Å². The van der Waals surface area contributed by atoms with Crippen molar-refractivity contribution in [2.45, 2.75) is 123 Å². The quantitative estimate of drug-likeness (QED) is 0.0206. The highest BCUT2D eigenvalue weighted by Crippen LogP contribution is 2.43. The summed E-state index contributed by atoms with van der Waals surface area (Å²) >= 11 is 0. The van der Waals surface area contributed by atoms with Crippen molar-refractivity contribution in [1.82, 2.24) is 0 Å². The number of ether oxygens (including phenoxy) is 2. The minimum absolute atomic E-state index is 0.00369. The van der Waals surface area contributed by atoms with Gasteiger partial charge in [0.05, 0.1) is 13.2 Å². The number of esters is 2. The normalized spacial score (nSPS) is 14.7. The molecule has 0 aromatic carbocycles. The van der Waals surface area contributed by atoms with Crippen molar-refractivity contribution in [1.29, 1.82) is 0 Å². The van der Waals surface area contributed by atoms with Crippen LogP contribution in [0.4, 0.5) is 0 Å². The molecule has 0 spiro atoms. The Bertz CT molecular complexity index is 1460. The van der Waals surface area contributed by atoms with E-state index in [0.29, 0.717) is 0 Å². The third-order valence-corrected chi connectivity index (χ3v) is 9.16. The van der Waals surface area contributed by atoms with E-state index in [9.17, 15) is 19.0 Å². The van der Waals surface area contributed by atoms with Crippen LogP contribution in [0.2, 0.25) is 0 Å². The van der Waals surface area contributed by atoms with Gasteiger partial charge in [0.25, 0.3) is 0 Å². The van der Waals surface area contributed by atoms with Gasteiger partial charge in [-0.1, -0.05) is 225 Å². The lowest BCUT2D eigenvalue weighted by atomic mass is 10.1. The van der Waals surface area contributed by atoms with E-state index in [2.05, 4.69) is 38.2 Å². The van der Waals surface area contributed by atoms with Crippen molar-refractivity contribution in [3.63, 3.8) is 0 Å². The number of allylic oxidation sites excluding steroid dienone is 22. The van der Waals surface area contributed by atoms with Crippen LogP contribution < -0.4 is 5.73 Å². The van der Waals surface area contributed by atoms with Crippen molar-refractivity contribution in [2.24, 2.45) is 5.73 Å². The van der Waals surface area contributed by atoms with Crippen LogP contribution >= 0.6 is 7.82 Å². The molecule has 328 valence electrons. The number of nitrogens with two attached hydrogens (primary N) is 1. The molecule has 0 amide bonds. The van der Waals surface area contributed by atoms with Crippen LogP contribution in [-0.2, 0) is 32.7 Å². The first-order valence-corrected chi connectivity index (χ1v) is 23.0. The molecule has 59 heavy (non-hydrogen) atoms.